The van der Waals surface area contributed by atoms with E-state index >= 15 is 0 Å². The van der Waals surface area contributed by atoms with Gasteiger partial charge >= 0.3 is 11.7 Å². The van der Waals surface area contributed by atoms with E-state index in [0.717, 1.165) is 22.9 Å². The van der Waals surface area contributed by atoms with Crippen molar-refractivity contribution in [2.24, 2.45) is 12.0 Å². The van der Waals surface area contributed by atoms with Crippen molar-refractivity contribution in [1.82, 2.24) is 9.55 Å². The molecule has 0 fully saturated rings. The molecule has 1 heterocycles. The Balaban J connectivity index is 2.44. The highest BCUT2D eigenvalue weighted by atomic mass is 16.4. The zero-order valence-corrected chi connectivity index (χ0v) is 11.3. The average Bonchev–Trinajstić information content (AvgIpc) is 2.44. The second-order valence-corrected chi connectivity index (χ2v) is 4.32. The monoisotopic (exact) mass is 305 g/mol. The van der Waals surface area contributed by atoms with Crippen molar-refractivity contribution in [1.29, 1.82) is 0 Å². The average molecular weight is 305 g/mol. The normalized spacial score (nSPS) is 11.0. The Labute approximate surface area is 122 Å². The highest BCUT2D eigenvalue weighted by molar-refractivity contribution is 5.91. The molecule has 0 unspecified atom stereocenters. The van der Waals surface area contributed by atoms with Gasteiger partial charge in [0.25, 0.3) is 5.56 Å². The molecule has 9 nitrogen and oxygen atoms in total. The second kappa shape index (κ2) is 5.56. The summed E-state index contributed by atoms with van der Waals surface area (Å²) >= 11 is 0. The second-order valence-electron chi connectivity index (χ2n) is 4.32. The molecule has 2 rings (SSSR count). The number of aromatic amines is 1. The number of phenols is 1. The number of aromatic hydroxyl groups is 2. The summed E-state index contributed by atoms with van der Waals surface area (Å²) in [5, 5.41) is 28.0. The van der Waals surface area contributed by atoms with Gasteiger partial charge in [-0.25, -0.2) is 9.59 Å². The van der Waals surface area contributed by atoms with E-state index in [0.29, 0.717) is 0 Å². The van der Waals surface area contributed by atoms with Gasteiger partial charge in [-0.3, -0.25) is 19.3 Å². The molecule has 1 aromatic carbocycles. The maximum Gasteiger partial charge on any atom is 0.339 e. The molecule has 4 N–H and O–H groups in total. The number of rotatable bonds is 3. The van der Waals surface area contributed by atoms with E-state index in [1.165, 1.54) is 13.1 Å². The minimum absolute atomic E-state index is 0.162. The Morgan fingerprint density at radius 2 is 2.00 bits per heavy atom. The number of aliphatic imine (C=N–C) groups is 1. The number of benzene rings is 1. The lowest BCUT2D eigenvalue weighted by Crippen LogP contribution is -2.30. The van der Waals surface area contributed by atoms with Crippen molar-refractivity contribution in [3.63, 3.8) is 0 Å². The molecule has 22 heavy (non-hydrogen) atoms. The zero-order valence-electron chi connectivity index (χ0n) is 11.3. The molecule has 2 aromatic rings. The third-order valence-corrected chi connectivity index (χ3v) is 2.88. The quantitative estimate of drug-likeness (QED) is 0.584. The molecule has 0 aliphatic rings. The molecule has 0 amide bonds. The van der Waals surface area contributed by atoms with Crippen LogP contribution in [0.2, 0.25) is 0 Å². The van der Waals surface area contributed by atoms with Crippen LogP contribution in [0.5, 0.6) is 11.6 Å². The van der Waals surface area contributed by atoms with Crippen molar-refractivity contribution < 1.29 is 20.1 Å². The topological polar surface area (TPSA) is 145 Å². The first-order valence-corrected chi connectivity index (χ1v) is 5.94. The molecular weight excluding hydrogens is 294 g/mol. The van der Waals surface area contributed by atoms with E-state index in [4.69, 9.17) is 5.11 Å². The molecule has 9 heteroatoms. The van der Waals surface area contributed by atoms with Crippen molar-refractivity contribution in [3.8, 4) is 11.6 Å². The molecule has 0 bridgehead atoms. The number of nitrogens with zero attached hydrogens (tertiary/aromatic N) is 2. The van der Waals surface area contributed by atoms with E-state index in [9.17, 15) is 24.6 Å². The van der Waals surface area contributed by atoms with Gasteiger partial charge in [-0.1, -0.05) is 0 Å². The summed E-state index contributed by atoms with van der Waals surface area (Å²) in [6, 6.07) is 3.55. The number of hydrogen-bond donors (Lipinski definition) is 4. The molecule has 0 saturated carbocycles. The van der Waals surface area contributed by atoms with Crippen LogP contribution < -0.4 is 11.2 Å². The minimum atomic E-state index is -1.29. The molecule has 0 aliphatic heterocycles. The van der Waals surface area contributed by atoms with Crippen LogP contribution in [0.1, 0.15) is 15.9 Å². The first kappa shape index (κ1) is 15.0. The van der Waals surface area contributed by atoms with Crippen molar-refractivity contribution in [2.45, 2.75) is 0 Å². The van der Waals surface area contributed by atoms with Gasteiger partial charge < -0.3 is 15.3 Å². The highest BCUT2D eigenvalue weighted by Crippen LogP contribution is 2.24. The van der Waals surface area contributed by atoms with E-state index in [1.54, 1.807) is 0 Å². The lowest BCUT2D eigenvalue weighted by molar-refractivity contribution is 0.0694. The fraction of sp³-hybridized carbons (Fsp3) is 0.0769. The Hall–Kier alpha value is -3.36. The van der Waals surface area contributed by atoms with Crippen LogP contribution in [0.15, 0.2) is 32.8 Å². The highest BCUT2D eigenvalue weighted by Gasteiger charge is 2.11. The number of carboxylic acid groups (broad SMARTS) is 1. The molecule has 114 valence electrons. The summed E-state index contributed by atoms with van der Waals surface area (Å²) < 4.78 is 0.827. The number of aromatic nitrogens is 2. The predicted molar refractivity (Wildman–Crippen MR) is 76.3 cm³/mol. The summed E-state index contributed by atoms with van der Waals surface area (Å²) in [5.41, 5.74) is -1.97. The van der Waals surface area contributed by atoms with Gasteiger partial charge in [0.1, 0.15) is 16.9 Å². The molecule has 0 spiro atoms. The Morgan fingerprint density at radius 3 is 2.59 bits per heavy atom. The van der Waals surface area contributed by atoms with Gasteiger partial charge in [0.2, 0.25) is 5.88 Å². The number of nitrogens with one attached hydrogen (secondary N) is 1. The van der Waals surface area contributed by atoms with Crippen LogP contribution in [-0.2, 0) is 7.05 Å². The van der Waals surface area contributed by atoms with Gasteiger partial charge in [0.15, 0.2) is 0 Å². The van der Waals surface area contributed by atoms with Gasteiger partial charge in [-0.2, -0.15) is 0 Å². The van der Waals surface area contributed by atoms with Gasteiger partial charge in [-0.05, 0) is 12.1 Å². The van der Waals surface area contributed by atoms with E-state index in [1.807, 2.05) is 4.98 Å². The van der Waals surface area contributed by atoms with E-state index < -0.39 is 28.8 Å². The van der Waals surface area contributed by atoms with Crippen LogP contribution in [0.3, 0.4) is 0 Å². The lowest BCUT2D eigenvalue weighted by atomic mass is 10.2. The van der Waals surface area contributed by atoms with Crippen LogP contribution in [0, 0.1) is 0 Å². The molecular formula is C13H11N3O6. The van der Waals surface area contributed by atoms with E-state index in [2.05, 4.69) is 4.99 Å². The smallest absolute Gasteiger partial charge is 0.339 e. The van der Waals surface area contributed by atoms with Gasteiger partial charge in [0, 0.05) is 19.3 Å². The zero-order chi connectivity index (χ0) is 16.4. The van der Waals surface area contributed by atoms with Crippen LogP contribution in [0.4, 0.5) is 5.69 Å². The van der Waals surface area contributed by atoms with Crippen LogP contribution in [-0.4, -0.2) is 37.1 Å². The van der Waals surface area contributed by atoms with Gasteiger partial charge in [-0.15, -0.1) is 0 Å². The summed E-state index contributed by atoms with van der Waals surface area (Å²) in [5.74, 6) is -2.34. The predicted octanol–water partition coefficient (Wildman–Crippen LogP) is -0.0664. The number of hydrogen-bond acceptors (Lipinski definition) is 6. The minimum Gasteiger partial charge on any atom is -0.507 e. The maximum absolute atomic E-state index is 11.6. The molecule has 0 saturated heterocycles. The first-order valence-electron chi connectivity index (χ1n) is 5.94. The Kier molecular flexibility index (Phi) is 3.80. The summed E-state index contributed by atoms with van der Waals surface area (Å²) in [7, 11) is 1.26. The third kappa shape index (κ3) is 2.73. The van der Waals surface area contributed by atoms with Crippen molar-refractivity contribution in [3.05, 3.63) is 50.2 Å². The standard InChI is InChI=1S/C13H11N3O6/c1-16-11(19)8(10(18)15-13(16)22)5-14-6-2-3-7(12(20)21)9(17)4-6/h2-5,17,19H,1H3,(H,20,21)(H,15,18,22). The molecule has 1 aromatic heterocycles. The number of H-pyrrole nitrogens is 1. The number of carbonyl (C=O) groups is 1. The Morgan fingerprint density at radius 1 is 1.32 bits per heavy atom. The Bertz CT molecular complexity index is 894. The fourth-order valence-corrected chi connectivity index (χ4v) is 1.66. The summed E-state index contributed by atoms with van der Waals surface area (Å²) in [6.07, 6.45) is 1.00. The van der Waals surface area contributed by atoms with E-state index in [-0.39, 0.29) is 16.8 Å². The number of carboxylic acids is 1. The molecule has 0 atom stereocenters. The third-order valence-electron chi connectivity index (χ3n) is 2.88. The van der Waals surface area contributed by atoms with Crippen LogP contribution in [0.25, 0.3) is 0 Å². The summed E-state index contributed by atoms with van der Waals surface area (Å²) in [6.45, 7) is 0. The fourth-order valence-electron chi connectivity index (χ4n) is 1.66. The SMILES string of the molecule is Cn1c(O)c(C=Nc2ccc(C(=O)O)c(O)c2)c(=O)[nH]c1=O. The molecule has 0 radical (unpaired) electrons. The lowest BCUT2D eigenvalue weighted by Gasteiger charge is -2.03. The summed E-state index contributed by atoms with van der Waals surface area (Å²) in [4.78, 5) is 39.5. The maximum atomic E-state index is 11.6. The largest absolute Gasteiger partial charge is 0.507 e. The first-order chi connectivity index (χ1) is 10.3. The number of aromatic carboxylic acids is 1. The van der Waals surface area contributed by atoms with Crippen molar-refractivity contribution in [2.75, 3.05) is 0 Å². The molecule has 0 aliphatic carbocycles. The van der Waals surface area contributed by atoms with Gasteiger partial charge in [0.05, 0.1) is 5.69 Å². The van der Waals surface area contributed by atoms with Crippen molar-refractivity contribution >= 4 is 17.9 Å². The van der Waals surface area contributed by atoms with Crippen LogP contribution >= 0.6 is 0 Å².